The van der Waals surface area contributed by atoms with Crippen molar-refractivity contribution in [3.05, 3.63) is 35.9 Å². The van der Waals surface area contributed by atoms with Crippen molar-refractivity contribution in [2.75, 3.05) is 23.0 Å². The molecule has 0 spiro atoms. The number of rotatable bonds is 4. The summed E-state index contributed by atoms with van der Waals surface area (Å²) in [5.74, 6) is 4.17. The van der Waals surface area contributed by atoms with Crippen LogP contribution in [0.15, 0.2) is 30.3 Å². The van der Waals surface area contributed by atoms with Crippen molar-refractivity contribution >= 4 is 29.4 Å². The smallest absolute Gasteiger partial charge is 0.239 e. The van der Waals surface area contributed by atoms with Gasteiger partial charge < -0.3 is 5.73 Å². The summed E-state index contributed by atoms with van der Waals surface area (Å²) in [5, 5.41) is 3.40. The second-order valence-electron chi connectivity index (χ2n) is 4.26. The number of carbonyl (C=O) groups excluding carboxylic acids is 1. The highest BCUT2D eigenvalue weighted by Crippen LogP contribution is 2.20. The minimum absolute atomic E-state index is 0.305. The molecule has 1 heterocycles. The summed E-state index contributed by atoms with van der Waals surface area (Å²) in [6.45, 7) is 0. The highest BCUT2D eigenvalue weighted by Gasteiger charge is 2.22. The first-order chi connectivity index (χ1) is 8.77. The lowest BCUT2D eigenvalue weighted by atomic mass is 10.1. The number of primary amides is 1. The molecule has 5 heteroatoms. The van der Waals surface area contributed by atoms with Gasteiger partial charge in [0.25, 0.3) is 0 Å². The molecule has 1 aliphatic rings. The van der Waals surface area contributed by atoms with Crippen molar-refractivity contribution in [1.29, 1.82) is 0 Å². The number of benzene rings is 1. The Hall–Kier alpha value is -0.650. The van der Waals surface area contributed by atoms with Gasteiger partial charge in [-0.25, -0.2) is 0 Å². The molecule has 0 radical (unpaired) electrons. The summed E-state index contributed by atoms with van der Waals surface area (Å²) in [6.07, 6.45) is 0. The molecule has 1 atom stereocenters. The predicted molar refractivity (Wildman–Crippen MR) is 80.0 cm³/mol. The van der Waals surface area contributed by atoms with Crippen molar-refractivity contribution < 1.29 is 4.79 Å². The van der Waals surface area contributed by atoms with Crippen LogP contribution in [0.5, 0.6) is 0 Å². The van der Waals surface area contributed by atoms with Gasteiger partial charge in [-0.3, -0.25) is 10.1 Å². The Morgan fingerprint density at radius 2 is 1.83 bits per heavy atom. The molecule has 3 nitrogen and oxygen atoms in total. The van der Waals surface area contributed by atoms with Gasteiger partial charge in [-0.1, -0.05) is 30.3 Å². The molecule has 1 amide bonds. The number of hydrogen-bond donors (Lipinski definition) is 2. The molecule has 2 rings (SSSR count). The molecule has 1 aromatic carbocycles. The summed E-state index contributed by atoms with van der Waals surface area (Å²) in [6, 6.07) is 9.67. The summed E-state index contributed by atoms with van der Waals surface area (Å²) in [4.78, 5) is 11.6. The number of amides is 1. The van der Waals surface area contributed by atoms with Crippen LogP contribution < -0.4 is 11.1 Å². The molecule has 3 N–H and O–H groups in total. The van der Waals surface area contributed by atoms with E-state index in [9.17, 15) is 4.79 Å². The summed E-state index contributed by atoms with van der Waals surface area (Å²) in [7, 11) is 0. The van der Waals surface area contributed by atoms with E-state index < -0.39 is 0 Å². The van der Waals surface area contributed by atoms with Crippen molar-refractivity contribution in [2.45, 2.75) is 12.1 Å². The van der Waals surface area contributed by atoms with E-state index in [-0.39, 0.29) is 11.9 Å². The van der Waals surface area contributed by atoms with Gasteiger partial charge in [0.15, 0.2) is 0 Å². The van der Waals surface area contributed by atoms with Gasteiger partial charge in [0.1, 0.15) is 6.04 Å². The van der Waals surface area contributed by atoms with Gasteiger partial charge in [-0.15, -0.1) is 0 Å². The second-order valence-corrected chi connectivity index (χ2v) is 6.56. The third-order valence-corrected chi connectivity index (χ3v) is 5.35. The van der Waals surface area contributed by atoms with Crippen molar-refractivity contribution in [2.24, 2.45) is 5.73 Å². The molecular weight excluding hydrogens is 264 g/mol. The molecule has 0 saturated carbocycles. The van der Waals surface area contributed by atoms with Crippen LogP contribution in [0.3, 0.4) is 0 Å². The predicted octanol–water partition coefficient (Wildman–Crippen LogP) is 1.65. The van der Waals surface area contributed by atoms with E-state index in [0.717, 1.165) is 17.1 Å². The van der Waals surface area contributed by atoms with Crippen molar-refractivity contribution in [1.82, 2.24) is 5.32 Å². The Morgan fingerprint density at radius 1 is 1.22 bits per heavy atom. The normalized spacial score (nSPS) is 19.1. The third kappa shape index (κ3) is 3.93. The lowest BCUT2D eigenvalue weighted by molar-refractivity contribution is -0.120. The standard InChI is InChI=1S/C13H18N2OS2/c14-13(16)12(10-4-2-1-3-5-10)15-11-8-17-6-7-18-9-11/h1-5,11-12,15H,6-9H2,(H2,14,16)/t12-/m0/s1. The molecule has 1 saturated heterocycles. The zero-order chi connectivity index (χ0) is 12.8. The Bertz CT molecular complexity index is 378. The van der Waals surface area contributed by atoms with Crippen LogP contribution in [0, 0.1) is 0 Å². The van der Waals surface area contributed by atoms with Gasteiger partial charge in [0.2, 0.25) is 5.91 Å². The molecule has 0 aromatic heterocycles. The molecule has 0 unspecified atom stereocenters. The number of nitrogens with one attached hydrogen (secondary N) is 1. The minimum atomic E-state index is -0.379. The van der Waals surface area contributed by atoms with Crippen LogP contribution in [-0.2, 0) is 4.79 Å². The Kier molecular flexibility index (Phi) is 5.41. The average Bonchev–Trinajstić information content (AvgIpc) is 2.65. The van der Waals surface area contributed by atoms with Crippen LogP contribution in [0.4, 0.5) is 0 Å². The Morgan fingerprint density at radius 3 is 2.39 bits per heavy atom. The Balaban J connectivity index is 2.04. The fourth-order valence-corrected chi connectivity index (χ4v) is 4.36. The lowest BCUT2D eigenvalue weighted by Crippen LogP contribution is -2.42. The summed E-state index contributed by atoms with van der Waals surface area (Å²) >= 11 is 3.87. The monoisotopic (exact) mass is 282 g/mol. The third-order valence-electron chi connectivity index (χ3n) is 2.83. The van der Waals surface area contributed by atoms with E-state index in [0.29, 0.717) is 6.04 Å². The largest absolute Gasteiger partial charge is 0.368 e. The highest BCUT2D eigenvalue weighted by atomic mass is 32.2. The minimum Gasteiger partial charge on any atom is -0.368 e. The van der Waals surface area contributed by atoms with Crippen molar-refractivity contribution in [3.63, 3.8) is 0 Å². The van der Waals surface area contributed by atoms with Crippen molar-refractivity contribution in [3.8, 4) is 0 Å². The maximum Gasteiger partial charge on any atom is 0.239 e. The average molecular weight is 282 g/mol. The van der Waals surface area contributed by atoms with Crippen LogP contribution in [-0.4, -0.2) is 35.0 Å². The first-order valence-electron chi connectivity index (χ1n) is 6.03. The quantitative estimate of drug-likeness (QED) is 0.882. The van der Waals surface area contributed by atoms with Gasteiger partial charge in [0.05, 0.1) is 0 Å². The molecular formula is C13H18N2OS2. The first-order valence-corrected chi connectivity index (χ1v) is 8.34. The van der Waals surface area contributed by atoms with Crippen LogP contribution in [0.25, 0.3) is 0 Å². The lowest BCUT2D eigenvalue weighted by Gasteiger charge is -2.22. The molecule has 18 heavy (non-hydrogen) atoms. The van der Waals surface area contributed by atoms with E-state index in [1.807, 2.05) is 53.9 Å². The van der Waals surface area contributed by atoms with Crippen LogP contribution in [0.1, 0.15) is 11.6 Å². The fourth-order valence-electron chi connectivity index (χ4n) is 1.94. The van der Waals surface area contributed by atoms with Gasteiger partial charge >= 0.3 is 0 Å². The zero-order valence-corrected chi connectivity index (χ0v) is 11.8. The molecule has 0 aliphatic carbocycles. The molecule has 98 valence electrons. The number of thioether (sulfide) groups is 2. The van der Waals surface area contributed by atoms with Crippen LogP contribution >= 0.6 is 23.5 Å². The van der Waals surface area contributed by atoms with Crippen LogP contribution in [0.2, 0.25) is 0 Å². The fraction of sp³-hybridized carbons (Fsp3) is 0.462. The SMILES string of the molecule is NC(=O)[C@@H](NC1CSCCSC1)c1ccccc1. The summed E-state index contributed by atoms with van der Waals surface area (Å²) < 4.78 is 0. The Labute approximate surface area is 116 Å². The molecule has 1 fully saturated rings. The highest BCUT2D eigenvalue weighted by molar-refractivity contribution is 8.03. The molecule has 1 aromatic rings. The van der Waals surface area contributed by atoms with E-state index in [4.69, 9.17) is 5.73 Å². The van der Waals surface area contributed by atoms with E-state index in [1.54, 1.807) is 0 Å². The molecule has 0 bridgehead atoms. The van der Waals surface area contributed by atoms with Gasteiger partial charge in [-0.2, -0.15) is 23.5 Å². The van der Waals surface area contributed by atoms with E-state index in [2.05, 4.69) is 5.32 Å². The van der Waals surface area contributed by atoms with Gasteiger partial charge in [-0.05, 0) is 5.56 Å². The topological polar surface area (TPSA) is 55.1 Å². The molecule has 1 aliphatic heterocycles. The van der Waals surface area contributed by atoms with E-state index in [1.165, 1.54) is 11.5 Å². The van der Waals surface area contributed by atoms with Gasteiger partial charge in [0, 0.05) is 29.1 Å². The maximum absolute atomic E-state index is 11.6. The number of carbonyl (C=O) groups is 1. The second kappa shape index (κ2) is 7.07. The summed E-state index contributed by atoms with van der Waals surface area (Å²) in [5.41, 5.74) is 6.46. The zero-order valence-electron chi connectivity index (χ0n) is 10.2. The van der Waals surface area contributed by atoms with E-state index >= 15 is 0 Å². The maximum atomic E-state index is 11.6. The first kappa shape index (κ1) is 13.8. The number of hydrogen-bond acceptors (Lipinski definition) is 4. The number of nitrogens with two attached hydrogens (primary N) is 1.